The summed E-state index contributed by atoms with van der Waals surface area (Å²) in [5.74, 6) is 0.520. The van der Waals surface area contributed by atoms with E-state index in [1.807, 2.05) is 6.92 Å². The van der Waals surface area contributed by atoms with Crippen LogP contribution >= 0.6 is 11.6 Å². The van der Waals surface area contributed by atoms with E-state index in [9.17, 15) is 15.2 Å². The highest BCUT2D eigenvalue weighted by molar-refractivity contribution is 6.29. The first kappa shape index (κ1) is 13.0. The molecule has 2 rings (SSSR count). The first-order valence-electron chi connectivity index (χ1n) is 5.73. The summed E-state index contributed by atoms with van der Waals surface area (Å²) < 4.78 is 0. The minimum atomic E-state index is -0.476. The molecule has 6 nitrogen and oxygen atoms in total. The molecule has 2 atom stereocenters. The van der Waals surface area contributed by atoms with Crippen molar-refractivity contribution in [3.8, 4) is 0 Å². The van der Waals surface area contributed by atoms with Gasteiger partial charge in [-0.15, -0.1) is 0 Å². The highest BCUT2D eigenvalue weighted by Crippen LogP contribution is 2.34. The van der Waals surface area contributed by atoms with Crippen molar-refractivity contribution in [2.45, 2.75) is 19.4 Å². The summed E-state index contributed by atoms with van der Waals surface area (Å²) in [4.78, 5) is 16.3. The van der Waals surface area contributed by atoms with Crippen molar-refractivity contribution in [2.24, 2.45) is 5.92 Å². The Morgan fingerprint density at radius 1 is 1.67 bits per heavy atom. The average Bonchev–Trinajstić information content (AvgIpc) is 2.69. The molecular formula is C11H14ClN3O3. The molecule has 1 aromatic heterocycles. The second-order valence-corrected chi connectivity index (χ2v) is 4.83. The molecule has 0 amide bonds. The molecule has 1 aromatic rings. The molecule has 0 saturated carbocycles. The fourth-order valence-electron chi connectivity index (χ4n) is 2.32. The molecule has 18 heavy (non-hydrogen) atoms. The fraction of sp³-hybridized carbons (Fsp3) is 0.545. The van der Waals surface area contributed by atoms with Gasteiger partial charge in [0, 0.05) is 12.6 Å². The quantitative estimate of drug-likeness (QED) is 0.516. The van der Waals surface area contributed by atoms with Gasteiger partial charge in [0.2, 0.25) is 5.82 Å². The Kier molecular flexibility index (Phi) is 3.68. The Balaban J connectivity index is 2.43. The van der Waals surface area contributed by atoms with Crippen molar-refractivity contribution in [1.29, 1.82) is 0 Å². The molecule has 2 unspecified atom stereocenters. The first-order valence-corrected chi connectivity index (χ1v) is 6.11. The number of aliphatic hydroxyl groups excluding tert-OH is 1. The molecule has 1 N–H and O–H groups in total. The summed E-state index contributed by atoms with van der Waals surface area (Å²) in [5.41, 5.74) is -0.0769. The highest BCUT2D eigenvalue weighted by Gasteiger charge is 2.35. The summed E-state index contributed by atoms with van der Waals surface area (Å²) in [5, 5.41) is 20.6. The van der Waals surface area contributed by atoms with Crippen LogP contribution in [0.4, 0.5) is 11.5 Å². The van der Waals surface area contributed by atoms with E-state index in [2.05, 4.69) is 4.98 Å². The number of aliphatic hydroxyl groups is 1. The van der Waals surface area contributed by atoms with Crippen molar-refractivity contribution in [3.05, 3.63) is 27.4 Å². The Bertz CT molecular complexity index is 469. The van der Waals surface area contributed by atoms with Crippen molar-refractivity contribution in [3.63, 3.8) is 0 Å². The Hall–Kier alpha value is -1.40. The SMILES string of the molecule is CC1CCN(c2nc(Cl)ccc2[N+](=O)[O-])C1CO. The lowest BCUT2D eigenvalue weighted by atomic mass is 10.0. The third-order valence-electron chi connectivity index (χ3n) is 3.36. The molecule has 0 bridgehead atoms. The molecule has 1 aliphatic heterocycles. The van der Waals surface area contributed by atoms with Crippen LogP contribution in [0.15, 0.2) is 12.1 Å². The van der Waals surface area contributed by atoms with E-state index in [0.29, 0.717) is 6.54 Å². The monoisotopic (exact) mass is 271 g/mol. The van der Waals surface area contributed by atoms with Gasteiger partial charge in [0.15, 0.2) is 0 Å². The standard InChI is InChI=1S/C11H14ClN3O3/c1-7-4-5-14(9(7)6-16)11-8(15(17)18)2-3-10(12)13-11/h2-3,7,9,16H,4-6H2,1H3. The molecule has 0 aromatic carbocycles. The normalized spacial score (nSPS) is 23.4. The van der Waals surface area contributed by atoms with E-state index in [-0.39, 0.29) is 35.2 Å². The summed E-state index contributed by atoms with van der Waals surface area (Å²) in [6.07, 6.45) is 0.872. The summed E-state index contributed by atoms with van der Waals surface area (Å²) in [6, 6.07) is 2.60. The third kappa shape index (κ3) is 2.26. The number of nitrogens with zero attached hydrogens (tertiary/aromatic N) is 3. The molecule has 2 heterocycles. The predicted molar refractivity (Wildman–Crippen MR) is 67.9 cm³/mol. The van der Waals surface area contributed by atoms with E-state index >= 15 is 0 Å². The van der Waals surface area contributed by atoms with E-state index in [0.717, 1.165) is 6.42 Å². The summed E-state index contributed by atoms with van der Waals surface area (Å²) in [7, 11) is 0. The van der Waals surface area contributed by atoms with E-state index in [1.165, 1.54) is 12.1 Å². The number of hydrogen-bond acceptors (Lipinski definition) is 5. The summed E-state index contributed by atoms with van der Waals surface area (Å²) >= 11 is 5.80. The van der Waals surface area contributed by atoms with Gasteiger partial charge >= 0.3 is 5.69 Å². The maximum Gasteiger partial charge on any atom is 0.311 e. The van der Waals surface area contributed by atoms with Gasteiger partial charge in [-0.3, -0.25) is 10.1 Å². The number of hydrogen-bond donors (Lipinski definition) is 1. The van der Waals surface area contributed by atoms with Crippen LogP contribution < -0.4 is 4.90 Å². The number of halogens is 1. The topological polar surface area (TPSA) is 79.5 Å². The van der Waals surface area contributed by atoms with E-state index < -0.39 is 4.92 Å². The van der Waals surface area contributed by atoms with Crippen LogP contribution in [0.1, 0.15) is 13.3 Å². The average molecular weight is 272 g/mol. The molecule has 1 saturated heterocycles. The lowest BCUT2D eigenvalue weighted by Crippen LogP contribution is -2.36. The highest BCUT2D eigenvalue weighted by atomic mass is 35.5. The lowest BCUT2D eigenvalue weighted by molar-refractivity contribution is -0.384. The second-order valence-electron chi connectivity index (χ2n) is 4.44. The first-order chi connectivity index (χ1) is 8.54. The third-order valence-corrected chi connectivity index (χ3v) is 3.57. The van der Waals surface area contributed by atoms with Gasteiger partial charge in [0.05, 0.1) is 17.6 Å². The molecule has 98 valence electrons. The molecule has 7 heteroatoms. The number of rotatable bonds is 3. The van der Waals surface area contributed by atoms with Crippen LogP contribution in [-0.2, 0) is 0 Å². The van der Waals surface area contributed by atoms with Crippen molar-refractivity contribution in [2.75, 3.05) is 18.1 Å². The van der Waals surface area contributed by atoms with E-state index in [1.54, 1.807) is 4.90 Å². The zero-order valence-corrected chi connectivity index (χ0v) is 10.7. The van der Waals surface area contributed by atoms with Crippen LogP contribution in [0, 0.1) is 16.0 Å². The van der Waals surface area contributed by atoms with Crippen LogP contribution in [0.3, 0.4) is 0 Å². The minimum Gasteiger partial charge on any atom is -0.394 e. The maximum atomic E-state index is 11.0. The second kappa shape index (κ2) is 5.07. The lowest BCUT2D eigenvalue weighted by Gasteiger charge is -2.25. The van der Waals surface area contributed by atoms with Gasteiger partial charge in [0.1, 0.15) is 5.15 Å². The maximum absolute atomic E-state index is 11.0. The molecule has 0 radical (unpaired) electrons. The van der Waals surface area contributed by atoms with Crippen LogP contribution in [0.5, 0.6) is 0 Å². The minimum absolute atomic E-state index is 0.0491. The van der Waals surface area contributed by atoms with E-state index in [4.69, 9.17) is 11.6 Å². The van der Waals surface area contributed by atoms with Crippen molar-refractivity contribution < 1.29 is 10.0 Å². The summed E-state index contributed by atoms with van der Waals surface area (Å²) in [6.45, 7) is 2.60. The van der Waals surface area contributed by atoms with Crippen molar-refractivity contribution >= 4 is 23.1 Å². The zero-order chi connectivity index (χ0) is 13.3. The van der Waals surface area contributed by atoms with Crippen LogP contribution in [0.25, 0.3) is 0 Å². The smallest absolute Gasteiger partial charge is 0.311 e. The largest absolute Gasteiger partial charge is 0.394 e. The fourth-order valence-corrected chi connectivity index (χ4v) is 2.46. The van der Waals surface area contributed by atoms with Gasteiger partial charge in [-0.2, -0.15) is 0 Å². The Labute approximate surface area is 109 Å². The zero-order valence-electron chi connectivity index (χ0n) is 9.91. The molecule has 1 fully saturated rings. The molecular weight excluding hydrogens is 258 g/mol. The van der Waals surface area contributed by atoms with Crippen molar-refractivity contribution in [1.82, 2.24) is 4.98 Å². The van der Waals surface area contributed by atoms with Gasteiger partial charge in [-0.05, 0) is 18.4 Å². The number of aromatic nitrogens is 1. The number of anilines is 1. The van der Waals surface area contributed by atoms with Crippen LogP contribution in [0.2, 0.25) is 5.15 Å². The Morgan fingerprint density at radius 2 is 2.39 bits per heavy atom. The molecule has 0 spiro atoms. The van der Waals surface area contributed by atoms with Crippen LogP contribution in [-0.4, -0.2) is 34.2 Å². The van der Waals surface area contributed by atoms with Gasteiger partial charge in [-0.25, -0.2) is 4.98 Å². The Morgan fingerprint density at radius 3 is 3.00 bits per heavy atom. The number of pyridine rings is 1. The van der Waals surface area contributed by atoms with Gasteiger partial charge in [-0.1, -0.05) is 18.5 Å². The van der Waals surface area contributed by atoms with Gasteiger partial charge in [0.25, 0.3) is 0 Å². The number of nitro groups is 1. The predicted octanol–water partition coefficient (Wildman–Crippen LogP) is 1.85. The van der Waals surface area contributed by atoms with Gasteiger partial charge < -0.3 is 10.0 Å². The molecule has 0 aliphatic carbocycles. The molecule has 1 aliphatic rings.